The number of rotatable bonds is 4. The van der Waals surface area contributed by atoms with Gasteiger partial charge in [-0.15, -0.1) is 0 Å². The van der Waals surface area contributed by atoms with Crippen LogP contribution in [0, 0.1) is 0 Å². The molecule has 0 fully saturated rings. The van der Waals surface area contributed by atoms with Crippen molar-refractivity contribution in [2.45, 2.75) is 11.3 Å². The molecule has 0 aliphatic rings. The Kier molecular flexibility index (Phi) is 4.40. The molecule has 0 aromatic heterocycles. The van der Waals surface area contributed by atoms with Crippen LogP contribution in [0.5, 0.6) is 0 Å². The van der Waals surface area contributed by atoms with Crippen LogP contribution in [0.2, 0.25) is 10.0 Å². The van der Waals surface area contributed by atoms with E-state index in [9.17, 15) is 8.42 Å². The summed E-state index contributed by atoms with van der Waals surface area (Å²) in [6.45, 7) is -0.152. The quantitative estimate of drug-likeness (QED) is 0.911. The fourth-order valence-corrected chi connectivity index (χ4v) is 2.72. The third-order valence-corrected chi connectivity index (χ3v) is 4.36. The van der Waals surface area contributed by atoms with Crippen molar-refractivity contribution in [3.8, 4) is 0 Å². The van der Waals surface area contributed by atoms with E-state index >= 15 is 0 Å². The van der Waals surface area contributed by atoms with Gasteiger partial charge in [-0.3, -0.25) is 0 Å². The Morgan fingerprint density at radius 3 is 2.40 bits per heavy atom. The van der Waals surface area contributed by atoms with E-state index in [2.05, 4.69) is 0 Å². The molecule has 0 radical (unpaired) electrons. The number of sulfone groups is 1. The summed E-state index contributed by atoms with van der Waals surface area (Å²) in [5, 5.41) is 9.09. The van der Waals surface area contributed by atoms with Crippen molar-refractivity contribution in [1.82, 2.24) is 0 Å². The van der Waals surface area contributed by atoms with Crippen molar-refractivity contribution in [1.29, 1.82) is 0 Å². The Morgan fingerprint density at radius 2 is 1.87 bits per heavy atom. The van der Waals surface area contributed by atoms with Gasteiger partial charge >= 0.3 is 0 Å². The van der Waals surface area contributed by atoms with Gasteiger partial charge in [-0.1, -0.05) is 23.2 Å². The van der Waals surface area contributed by atoms with Crippen LogP contribution in [0.4, 0.5) is 0 Å². The minimum atomic E-state index is -3.36. The number of halogens is 2. The average Bonchev–Trinajstić information content (AvgIpc) is 2.19. The molecule has 84 valence electrons. The average molecular weight is 269 g/mol. The van der Waals surface area contributed by atoms with Crippen molar-refractivity contribution in [2.75, 3.05) is 12.4 Å². The second kappa shape index (κ2) is 5.16. The minimum absolute atomic E-state index is 0.0958. The smallest absolute Gasteiger partial charge is 0.178 e. The third-order valence-electron chi connectivity index (χ3n) is 1.82. The molecule has 0 saturated heterocycles. The highest BCUT2D eigenvalue weighted by molar-refractivity contribution is 7.91. The van der Waals surface area contributed by atoms with Crippen LogP contribution < -0.4 is 0 Å². The normalized spacial score (nSPS) is 11.7. The van der Waals surface area contributed by atoms with Gasteiger partial charge in [0.15, 0.2) is 9.84 Å². The second-order valence-electron chi connectivity index (χ2n) is 2.97. The number of hydrogen-bond acceptors (Lipinski definition) is 3. The zero-order valence-electron chi connectivity index (χ0n) is 7.78. The Hall–Kier alpha value is -0.290. The maximum absolute atomic E-state index is 11.6. The minimum Gasteiger partial charge on any atom is -0.396 e. The molecule has 0 saturated carbocycles. The van der Waals surface area contributed by atoms with Gasteiger partial charge in [0, 0.05) is 6.61 Å². The van der Waals surface area contributed by atoms with Gasteiger partial charge in [0.1, 0.15) is 0 Å². The summed E-state index contributed by atoms with van der Waals surface area (Å²) in [5.41, 5.74) is 0. The number of aliphatic hydroxyl groups is 1. The lowest BCUT2D eigenvalue weighted by atomic mass is 10.4. The van der Waals surface area contributed by atoms with E-state index in [1.807, 2.05) is 0 Å². The number of aliphatic hydroxyl groups excluding tert-OH is 1. The van der Waals surface area contributed by atoms with Crippen molar-refractivity contribution in [3.63, 3.8) is 0 Å². The van der Waals surface area contributed by atoms with Gasteiger partial charge in [-0.05, 0) is 24.6 Å². The first-order valence-corrected chi connectivity index (χ1v) is 6.67. The maximum Gasteiger partial charge on any atom is 0.178 e. The second-order valence-corrected chi connectivity index (χ2v) is 5.90. The molecule has 1 rings (SSSR count). The standard InChI is InChI=1S/C9H10Cl2O3S/c10-8-3-2-7(6-9(8)11)15(13,14)5-1-4-12/h2-3,6,12H,1,4-5H2. The lowest BCUT2D eigenvalue weighted by Crippen LogP contribution is -2.08. The highest BCUT2D eigenvalue weighted by Crippen LogP contribution is 2.25. The highest BCUT2D eigenvalue weighted by atomic mass is 35.5. The summed E-state index contributed by atoms with van der Waals surface area (Å²) in [5.74, 6) is -0.0958. The van der Waals surface area contributed by atoms with Crippen molar-refractivity contribution < 1.29 is 13.5 Å². The molecule has 1 aromatic rings. The molecule has 0 atom stereocenters. The molecule has 0 spiro atoms. The summed E-state index contributed by atoms with van der Waals surface area (Å²) in [6, 6.07) is 4.16. The van der Waals surface area contributed by atoms with Gasteiger partial charge in [0.25, 0.3) is 0 Å². The molecule has 3 nitrogen and oxygen atoms in total. The lowest BCUT2D eigenvalue weighted by Gasteiger charge is -2.04. The predicted octanol–water partition coefficient (Wildman–Crippen LogP) is 2.15. The molecule has 0 aliphatic heterocycles. The summed E-state index contributed by atoms with van der Waals surface area (Å²) in [7, 11) is -3.36. The highest BCUT2D eigenvalue weighted by Gasteiger charge is 2.14. The van der Waals surface area contributed by atoms with Crippen LogP contribution >= 0.6 is 23.2 Å². The third kappa shape index (κ3) is 3.34. The Balaban J connectivity index is 3.00. The van der Waals surface area contributed by atoms with Gasteiger partial charge in [0.05, 0.1) is 20.7 Å². The fourth-order valence-electron chi connectivity index (χ4n) is 1.04. The van der Waals surface area contributed by atoms with E-state index in [4.69, 9.17) is 28.3 Å². The molecule has 0 bridgehead atoms. The van der Waals surface area contributed by atoms with E-state index in [0.717, 1.165) is 0 Å². The molecule has 0 unspecified atom stereocenters. The van der Waals surface area contributed by atoms with Gasteiger partial charge in [-0.25, -0.2) is 8.42 Å². The largest absolute Gasteiger partial charge is 0.396 e. The monoisotopic (exact) mass is 268 g/mol. The van der Waals surface area contributed by atoms with Crippen molar-refractivity contribution in [3.05, 3.63) is 28.2 Å². The van der Waals surface area contributed by atoms with Crippen LogP contribution in [-0.2, 0) is 9.84 Å². The van der Waals surface area contributed by atoms with E-state index in [1.165, 1.54) is 18.2 Å². The van der Waals surface area contributed by atoms with E-state index in [0.29, 0.717) is 5.02 Å². The predicted molar refractivity (Wildman–Crippen MR) is 60.2 cm³/mol. The molecule has 1 N–H and O–H groups in total. The molecule has 0 amide bonds. The molecular weight excluding hydrogens is 259 g/mol. The lowest BCUT2D eigenvalue weighted by molar-refractivity contribution is 0.295. The first-order chi connectivity index (χ1) is 6.97. The molecule has 15 heavy (non-hydrogen) atoms. The summed E-state index contributed by atoms with van der Waals surface area (Å²) in [6.07, 6.45) is 0.211. The van der Waals surface area contributed by atoms with E-state index < -0.39 is 9.84 Å². The van der Waals surface area contributed by atoms with E-state index in [-0.39, 0.29) is 28.7 Å². The van der Waals surface area contributed by atoms with Crippen LogP contribution in [0.3, 0.4) is 0 Å². The van der Waals surface area contributed by atoms with Crippen LogP contribution in [0.1, 0.15) is 6.42 Å². The SMILES string of the molecule is O=S(=O)(CCCO)c1ccc(Cl)c(Cl)c1. The molecular formula is C9H10Cl2O3S. The first kappa shape index (κ1) is 12.8. The summed E-state index contributed by atoms with van der Waals surface area (Å²) >= 11 is 11.4. The molecule has 0 heterocycles. The summed E-state index contributed by atoms with van der Waals surface area (Å²) in [4.78, 5) is 0.130. The summed E-state index contributed by atoms with van der Waals surface area (Å²) < 4.78 is 23.3. The number of benzene rings is 1. The van der Waals surface area contributed by atoms with Gasteiger partial charge in [-0.2, -0.15) is 0 Å². The molecule has 0 aliphatic carbocycles. The Bertz CT molecular complexity index is 443. The Labute approximate surface area is 98.6 Å². The van der Waals surface area contributed by atoms with Crippen LogP contribution in [0.25, 0.3) is 0 Å². The zero-order chi connectivity index (χ0) is 11.5. The van der Waals surface area contributed by atoms with E-state index in [1.54, 1.807) is 0 Å². The van der Waals surface area contributed by atoms with Crippen LogP contribution in [-0.4, -0.2) is 25.9 Å². The number of hydrogen-bond donors (Lipinski definition) is 1. The Morgan fingerprint density at radius 1 is 1.20 bits per heavy atom. The van der Waals surface area contributed by atoms with Gasteiger partial charge in [0.2, 0.25) is 0 Å². The molecule has 6 heteroatoms. The first-order valence-electron chi connectivity index (χ1n) is 4.26. The van der Waals surface area contributed by atoms with Crippen molar-refractivity contribution in [2.24, 2.45) is 0 Å². The zero-order valence-corrected chi connectivity index (χ0v) is 10.1. The molecule has 1 aromatic carbocycles. The topological polar surface area (TPSA) is 54.4 Å². The van der Waals surface area contributed by atoms with Crippen molar-refractivity contribution >= 4 is 33.0 Å². The van der Waals surface area contributed by atoms with Gasteiger partial charge < -0.3 is 5.11 Å². The maximum atomic E-state index is 11.6. The van der Waals surface area contributed by atoms with Crippen LogP contribution in [0.15, 0.2) is 23.1 Å². The fraction of sp³-hybridized carbons (Fsp3) is 0.333.